The first kappa shape index (κ1) is 15.0. The molecule has 18 heavy (non-hydrogen) atoms. The molecule has 1 amide bonds. The number of halogens is 2. The van der Waals surface area contributed by atoms with E-state index < -0.39 is 12.2 Å². The first-order valence-corrected chi connectivity index (χ1v) is 5.93. The molecule has 1 aromatic rings. The van der Waals surface area contributed by atoms with Gasteiger partial charge in [0.05, 0.1) is 29.3 Å². The van der Waals surface area contributed by atoms with Crippen LogP contribution < -0.4 is 0 Å². The molecule has 1 unspecified atom stereocenters. The summed E-state index contributed by atoms with van der Waals surface area (Å²) < 4.78 is 0. The van der Waals surface area contributed by atoms with Gasteiger partial charge in [0, 0.05) is 6.54 Å². The van der Waals surface area contributed by atoms with Crippen LogP contribution in [0.15, 0.2) is 18.2 Å². The Hall–Kier alpha value is -1.01. The maximum atomic E-state index is 10.8. The highest BCUT2D eigenvalue weighted by molar-refractivity contribution is 6.42. The average molecular weight is 294 g/mol. The van der Waals surface area contributed by atoms with Crippen molar-refractivity contribution in [2.24, 2.45) is 0 Å². The van der Waals surface area contributed by atoms with Crippen molar-refractivity contribution in [2.75, 3.05) is 19.7 Å². The fourth-order valence-electron chi connectivity index (χ4n) is 1.42. The Morgan fingerprint density at radius 2 is 2.00 bits per heavy atom. The number of hydrogen-bond acceptors (Lipinski definition) is 3. The lowest BCUT2D eigenvalue weighted by Gasteiger charge is -2.21. The lowest BCUT2D eigenvalue weighted by molar-refractivity contribution is 0.0872. The number of rotatable bonds is 5. The Kier molecular flexibility index (Phi) is 5.68. The molecule has 1 atom stereocenters. The van der Waals surface area contributed by atoms with E-state index in [4.69, 9.17) is 33.4 Å². The average Bonchev–Trinajstić information content (AvgIpc) is 2.31. The van der Waals surface area contributed by atoms with Crippen LogP contribution in [0.2, 0.25) is 10.0 Å². The van der Waals surface area contributed by atoms with E-state index in [2.05, 4.69) is 0 Å². The topological polar surface area (TPSA) is 81.0 Å². The van der Waals surface area contributed by atoms with Crippen LogP contribution in [0.4, 0.5) is 4.79 Å². The quantitative estimate of drug-likeness (QED) is 0.776. The van der Waals surface area contributed by atoms with Crippen LogP contribution in [-0.4, -0.2) is 46.0 Å². The van der Waals surface area contributed by atoms with Gasteiger partial charge in [0.1, 0.15) is 0 Å². The number of amides is 1. The molecular formula is C11H13Cl2NO4. The van der Waals surface area contributed by atoms with Gasteiger partial charge in [0.15, 0.2) is 0 Å². The van der Waals surface area contributed by atoms with Crippen molar-refractivity contribution in [3.05, 3.63) is 33.8 Å². The van der Waals surface area contributed by atoms with Gasteiger partial charge in [0.2, 0.25) is 0 Å². The highest BCUT2D eigenvalue weighted by atomic mass is 35.5. The van der Waals surface area contributed by atoms with Crippen molar-refractivity contribution in [2.45, 2.75) is 6.10 Å². The monoisotopic (exact) mass is 293 g/mol. The van der Waals surface area contributed by atoms with Gasteiger partial charge in [-0.25, -0.2) is 4.79 Å². The van der Waals surface area contributed by atoms with Gasteiger partial charge in [-0.1, -0.05) is 29.3 Å². The highest BCUT2D eigenvalue weighted by Crippen LogP contribution is 2.26. The minimum Gasteiger partial charge on any atom is -0.465 e. The predicted molar refractivity (Wildman–Crippen MR) is 68.1 cm³/mol. The standard InChI is InChI=1S/C11H13Cl2NO4/c12-8-2-1-7(5-9(8)13)10(16)6-14(3-4-15)11(17)18/h1-2,5,10,15-16H,3-4,6H2,(H,17,18). The molecular weight excluding hydrogens is 281 g/mol. The molecule has 0 radical (unpaired) electrons. The maximum Gasteiger partial charge on any atom is 0.407 e. The highest BCUT2D eigenvalue weighted by Gasteiger charge is 2.18. The van der Waals surface area contributed by atoms with Crippen molar-refractivity contribution in [3.63, 3.8) is 0 Å². The summed E-state index contributed by atoms with van der Waals surface area (Å²) in [6.45, 7) is -0.512. The minimum atomic E-state index is -1.21. The van der Waals surface area contributed by atoms with Gasteiger partial charge in [-0.05, 0) is 17.7 Å². The molecule has 1 aromatic carbocycles. The van der Waals surface area contributed by atoms with Crippen LogP contribution >= 0.6 is 23.2 Å². The molecule has 100 valence electrons. The van der Waals surface area contributed by atoms with E-state index in [1.165, 1.54) is 12.1 Å². The second kappa shape index (κ2) is 6.80. The summed E-state index contributed by atoms with van der Waals surface area (Å²) in [7, 11) is 0. The van der Waals surface area contributed by atoms with E-state index in [-0.39, 0.29) is 24.7 Å². The van der Waals surface area contributed by atoms with Crippen LogP contribution in [-0.2, 0) is 0 Å². The van der Waals surface area contributed by atoms with Crippen molar-refractivity contribution < 1.29 is 20.1 Å². The molecule has 0 aliphatic heterocycles. The number of aliphatic hydroxyl groups is 2. The van der Waals surface area contributed by atoms with Crippen LogP contribution in [0.5, 0.6) is 0 Å². The van der Waals surface area contributed by atoms with E-state index in [0.29, 0.717) is 10.6 Å². The number of nitrogens with zero attached hydrogens (tertiary/aromatic N) is 1. The largest absolute Gasteiger partial charge is 0.465 e. The fraction of sp³-hybridized carbons (Fsp3) is 0.364. The third-order valence-corrected chi connectivity index (χ3v) is 3.10. The molecule has 0 spiro atoms. The van der Waals surface area contributed by atoms with Gasteiger partial charge < -0.3 is 20.2 Å². The third-order valence-electron chi connectivity index (χ3n) is 2.36. The molecule has 0 fully saturated rings. The zero-order chi connectivity index (χ0) is 13.7. The van der Waals surface area contributed by atoms with Gasteiger partial charge in [-0.15, -0.1) is 0 Å². The van der Waals surface area contributed by atoms with Gasteiger partial charge in [-0.3, -0.25) is 0 Å². The van der Waals surface area contributed by atoms with Gasteiger partial charge in [0.25, 0.3) is 0 Å². The Labute approximate surface area is 114 Å². The Bertz CT molecular complexity index is 428. The summed E-state index contributed by atoms with van der Waals surface area (Å²) in [5.41, 5.74) is 0.466. The van der Waals surface area contributed by atoms with Gasteiger partial charge in [-0.2, -0.15) is 0 Å². The van der Waals surface area contributed by atoms with Gasteiger partial charge >= 0.3 is 6.09 Å². The minimum absolute atomic E-state index is 0.0618. The number of aliphatic hydroxyl groups excluding tert-OH is 2. The first-order valence-electron chi connectivity index (χ1n) is 5.17. The van der Waals surface area contributed by atoms with Crippen LogP contribution in [0.1, 0.15) is 11.7 Å². The van der Waals surface area contributed by atoms with E-state index in [0.717, 1.165) is 4.90 Å². The molecule has 0 aliphatic rings. The Morgan fingerprint density at radius 1 is 1.33 bits per heavy atom. The second-order valence-corrected chi connectivity index (χ2v) is 4.46. The molecule has 0 bridgehead atoms. The third kappa shape index (κ3) is 4.03. The summed E-state index contributed by atoms with van der Waals surface area (Å²) >= 11 is 11.5. The van der Waals surface area contributed by atoms with Crippen LogP contribution in [0.25, 0.3) is 0 Å². The normalized spacial score (nSPS) is 12.2. The second-order valence-electron chi connectivity index (χ2n) is 3.64. The van der Waals surface area contributed by atoms with E-state index in [1.54, 1.807) is 6.07 Å². The smallest absolute Gasteiger partial charge is 0.407 e. The first-order chi connectivity index (χ1) is 8.45. The van der Waals surface area contributed by atoms with Crippen LogP contribution in [0.3, 0.4) is 0 Å². The molecule has 0 saturated heterocycles. The summed E-state index contributed by atoms with van der Waals surface area (Å²) in [6, 6.07) is 4.57. The van der Waals surface area contributed by atoms with Crippen molar-refractivity contribution >= 4 is 29.3 Å². The predicted octanol–water partition coefficient (Wildman–Crippen LogP) is 2.00. The SMILES string of the molecule is O=C(O)N(CCO)CC(O)c1ccc(Cl)c(Cl)c1. The van der Waals surface area contributed by atoms with Crippen LogP contribution in [0, 0.1) is 0 Å². The summed E-state index contributed by atoms with van der Waals surface area (Å²) in [6.07, 6.45) is -2.23. The number of hydrogen-bond donors (Lipinski definition) is 3. The fourth-order valence-corrected chi connectivity index (χ4v) is 1.73. The molecule has 1 rings (SSSR count). The molecule has 3 N–H and O–H groups in total. The summed E-state index contributed by atoms with van der Waals surface area (Å²) in [5, 5.41) is 28.1. The Balaban J connectivity index is 2.76. The summed E-state index contributed by atoms with van der Waals surface area (Å²) in [5.74, 6) is 0. The lowest BCUT2D eigenvalue weighted by atomic mass is 10.1. The van der Waals surface area contributed by atoms with Crippen molar-refractivity contribution in [1.29, 1.82) is 0 Å². The zero-order valence-corrected chi connectivity index (χ0v) is 10.9. The molecule has 7 heteroatoms. The summed E-state index contributed by atoms with van der Waals surface area (Å²) in [4.78, 5) is 11.8. The van der Waals surface area contributed by atoms with Crippen molar-refractivity contribution in [3.8, 4) is 0 Å². The molecule has 5 nitrogen and oxygen atoms in total. The number of carbonyl (C=O) groups is 1. The van der Waals surface area contributed by atoms with E-state index in [9.17, 15) is 9.90 Å². The maximum absolute atomic E-state index is 10.8. The lowest BCUT2D eigenvalue weighted by Crippen LogP contribution is -2.35. The molecule has 0 aliphatic carbocycles. The zero-order valence-electron chi connectivity index (χ0n) is 9.38. The molecule has 0 saturated carbocycles. The van der Waals surface area contributed by atoms with E-state index >= 15 is 0 Å². The molecule has 0 heterocycles. The number of benzene rings is 1. The molecule has 0 aromatic heterocycles. The Morgan fingerprint density at radius 3 is 2.50 bits per heavy atom. The number of carboxylic acid groups (broad SMARTS) is 1. The van der Waals surface area contributed by atoms with Crippen molar-refractivity contribution in [1.82, 2.24) is 4.90 Å². The van der Waals surface area contributed by atoms with E-state index in [1.807, 2.05) is 0 Å².